The van der Waals surface area contributed by atoms with Crippen LogP contribution in [0, 0.1) is 0 Å². The lowest BCUT2D eigenvalue weighted by atomic mass is 10.0. The summed E-state index contributed by atoms with van der Waals surface area (Å²) >= 11 is 5.99. The number of benzene rings is 1. The van der Waals surface area contributed by atoms with E-state index in [0.717, 1.165) is 30.4 Å². The molecule has 0 radical (unpaired) electrons. The number of amides is 1. The number of hydrogen-bond donors (Lipinski definition) is 0. The van der Waals surface area contributed by atoms with Gasteiger partial charge < -0.3 is 4.90 Å². The van der Waals surface area contributed by atoms with Crippen molar-refractivity contribution in [3.8, 4) is 0 Å². The number of nitrogens with zero attached hydrogens (tertiary/aromatic N) is 3. The maximum atomic E-state index is 12.8. The van der Waals surface area contributed by atoms with Gasteiger partial charge in [-0.25, -0.2) is 9.97 Å². The Morgan fingerprint density at radius 3 is 2.52 bits per heavy atom. The zero-order valence-corrected chi connectivity index (χ0v) is 13.7. The quantitative estimate of drug-likeness (QED) is 0.858. The van der Waals surface area contributed by atoms with Gasteiger partial charge in [-0.05, 0) is 43.0 Å². The van der Waals surface area contributed by atoms with Gasteiger partial charge in [-0.1, -0.05) is 29.8 Å². The lowest BCUT2D eigenvalue weighted by Crippen LogP contribution is -2.33. The number of hydrogen-bond acceptors (Lipinski definition) is 3. The van der Waals surface area contributed by atoms with Crippen molar-refractivity contribution in [2.75, 3.05) is 7.05 Å². The van der Waals surface area contributed by atoms with Crippen LogP contribution in [0.1, 0.15) is 36.7 Å². The molecule has 1 aliphatic rings. The standard InChI is InChI=1S/C18H18ClN3O/c1-22(18(23)14-5-2-3-6-14)16(17-20-11-4-12-21-17)13-7-9-15(19)10-8-13/h4-5,7-12,16H,2-3,6H2,1H3/t16-/m1/s1. The third-order valence-corrected chi connectivity index (χ3v) is 4.29. The van der Waals surface area contributed by atoms with Gasteiger partial charge in [0.2, 0.25) is 5.91 Å². The molecule has 0 saturated carbocycles. The summed E-state index contributed by atoms with van der Waals surface area (Å²) in [6.45, 7) is 0. The third-order valence-electron chi connectivity index (χ3n) is 4.04. The Morgan fingerprint density at radius 1 is 1.22 bits per heavy atom. The highest BCUT2D eigenvalue weighted by atomic mass is 35.5. The predicted octanol–water partition coefficient (Wildman–Crippen LogP) is 3.79. The zero-order valence-electron chi connectivity index (χ0n) is 12.9. The minimum Gasteiger partial charge on any atom is -0.328 e. The van der Waals surface area contributed by atoms with Crippen LogP contribution in [0.4, 0.5) is 0 Å². The van der Waals surface area contributed by atoms with Crippen LogP contribution in [0.5, 0.6) is 0 Å². The highest BCUT2D eigenvalue weighted by Gasteiger charge is 2.28. The molecule has 0 spiro atoms. The molecule has 0 fully saturated rings. The summed E-state index contributed by atoms with van der Waals surface area (Å²) in [5.41, 5.74) is 1.82. The van der Waals surface area contributed by atoms with Crippen molar-refractivity contribution >= 4 is 17.5 Å². The van der Waals surface area contributed by atoms with Crippen LogP contribution in [0.3, 0.4) is 0 Å². The molecule has 3 rings (SSSR count). The Bertz CT molecular complexity index is 713. The van der Waals surface area contributed by atoms with E-state index in [1.807, 2.05) is 30.3 Å². The molecule has 1 aromatic carbocycles. The normalized spacial score (nSPS) is 15.1. The fourth-order valence-corrected chi connectivity index (χ4v) is 2.98. The SMILES string of the molecule is CN(C(=O)C1=CCCC1)[C@H](c1ccc(Cl)cc1)c1ncccn1. The second-order valence-corrected chi connectivity index (χ2v) is 6.04. The fraction of sp³-hybridized carbons (Fsp3) is 0.278. The first-order chi connectivity index (χ1) is 11.2. The second-order valence-electron chi connectivity index (χ2n) is 5.60. The van der Waals surface area contributed by atoms with Gasteiger partial charge in [0.15, 0.2) is 5.82 Å². The molecule has 0 aliphatic heterocycles. The first-order valence-corrected chi connectivity index (χ1v) is 8.03. The number of aromatic nitrogens is 2. The summed E-state index contributed by atoms with van der Waals surface area (Å²) in [6, 6.07) is 8.90. The smallest absolute Gasteiger partial charge is 0.250 e. The van der Waals surface area contributed by atoms with E-state index in [0.29, 0.717) is 10.8 Å². The Labute approximate surface area is 140 Å². The van der Waals surface area contributed by atoms with Gasteiger partial charge in [-0.15, -0.1) is 0 Å². The van der Waals surface area contributed by atoms with Crippen molar-refractivity contribution in [1.82, 2.24) is 14.9 Å². The van der Waals surface area contributed by atoms with Crippen LogP contribution in [0.15, 0.2) is 54.4 Å². The summed E-state index contributed by atoms with van der Waals surface area (Å²) in [5.74, 6) is 0.638. The van der Waals surface area contributed by atoms with Gasteiger partial charge in [0.05, 0.1) is 0 Å². The minimum atomic E-state index is -0.331. The lowest BCUT2D eigenvalue weighted by molar-refractivity contribution is -0.127. The zero-order chi connectivity index (χ0) is 16.2. The van der Waals surface area contributed by atoms with Crippen LogP contribution in [0.2, 0.25) is 5.02 Å². The van der Waals surface area contributed by atoms with Crippen LogP contribution in [0.25, 0.3) is 0 Å². The summed E-state index contributed by atoms with van der Waals surface area (Å²) in [5, 5.41) is 0.661. The number of rotatable bonds is 4. The number of halogens is 1. The molecule has 1 aliphatic carbocycles. The first kappa shape index (κ1) is 15.7. The molecular formula is C18H18ClN3O. The van der Waals surface area contributed by atoms with Gasteiger partial charge in [-0.3, -0.25) is 4.79 Å². The van der Waals surface area contributed by atoms with Gasteiger partial charge >= 0.3 is 0 Å². The Morgan fingerprint density at radius 2 is 1.91 bits per heavy atom. The van der Waals surface area contributed by atoms with E-state index in [9.17, 15) is 4.79 Å². The fourth-order valence-electron chi connectivity index (χ4n) is 2.85. The van der Waals surface area contributed by atoms with Crippen molar-refractivity contribution in [3.63, 3.8) is 0 Å². The van der Waals surface area contributed by atoms with Crippen molar-refractivity contribution in [3.05, 3.63) is 70.8 Å². The highest BCUT2D eigenvalue weighted by Crippen LogP contribution is 2.29. The molecule has 1 amide bonds. The number of allylic oxidation sites excluding steroid dienone is 1. The number of carbonyl (C=O) groups excluding carboxylic acids is 1. The molecule has 0 N–H and O–H groups in total. The Kier molecular flexibility index (Phi) is 4.72. The van der Waals surface area contributed by atoms with Crippen LogP contribution >= 0.6 is 11.6 Å². The molecule has 2 aromatic rings. The Hall–Kier alpha value is -2.20. The van der Waals surface area contributed by atoms with Crippen LogP contribution < -0.4 is 0 Å². The van der Waals surface area contributed by atoms with Gasteiger partial charge in [0.25, 0.3) is 0 Å². The first-order valence-electron chi connectivity index (χ1n) is 7.65. The lowest BCUT2D eigenvalue weighted by Gasteiger charge is -2.28. The second kappa shape index (κ2) is 6.92. The van der Waals surface area contributed by atoms with Gasteiger partial charge in [0, 0.05) is 30.0 Å². The van der Waals surface area contributed by atoms with E-state index < -0.39 is 0 Å². The Balaban J connectivity index is 1.97. The maximum absolute atomic E-state index is 12.8. The molecule has 0 saturated heterocycles. The summed E-state index contributed by atoms with van der Waals surface area (Å²) in [7, 11) is 1.80. The van der Waals surface area contributed by atoms with Crippen molar-refractivity contribution in [1.29, 1.82) is 0 Å². The third kappa shape index (κ3) is 3.42. The maximum Gasteiger partial charge on any atom is 0.250 e. The molecule has 118 valence electrons. The van der Waals surface area contributed by atoms with Gasteiger partial charge in [0.1, 0.15) is 6.04 Å². The molecule has 4 nitrogen and oxygen atoms in total. The average Bonchev–Trinajstić information content (AvgIpc) is 3.11. The van der Waals surface area contributed by atoms with Crippen LogP contribution in [-0.4, -0.2) is 27.8 Å². The average molecular weight is 328 g/mol. The molecule has 1 aromatic heterocycles. The molecule has 23 heavy (non-hydrogen) atoms. The summed E-state index contributed by atoms with van der Waals surface area (Å²) in [6.07, 6.45) is 8.28. The molecule has 0 unspecified atom stereocenters. The minimum absolute atomic E-state index is 0.0369. The number of likely N-dealkylation sites (N-methyl/N-ethyl adjacent to an activating group) is 1. The largest absolute Gasteiger partial charge is 0.328 e. The number of carbonyl (C=O) groups is 1. The molecule has 1 heterocycles. The summed E-state index contributed by atoms with van der Waals surface area (Å²) in [4.78, 5) is 23.2. The van der Waals surface area contributed by atoms with E-state index in [1.165, 1.54) is 0 Å². The monoisotopic (exact) mass is 327 g/mol. The molecule has 5 heteroatoms. The van der Waals surface area contributed by atoms with Crippen LogP contribution in [-0.2, 0) is 4.79 Å². The predicted molar refractivity (Wildman–Crippen MR) is 90.0 cm³/mol. The van der Waals surface area contributed by atoms with E-state index in [-0.39, 0.29) is 11.9 Å². The molecule has 0 bridgehead atoms. The topological polar surface area (TPSA) is 46.1 Å². The van der Waals surface area contributed by atoms with Crippen molar-refractivity contribution < 1.29 is 4.79 Å². The van der Waals surface area contributed by atoms with E-state index >= 15 is 0 Å². The molecular weight excluding hydrogens is 310 g/mol. The highest BCUT2D eigenvalue weighted by molar-refractivity contribution is 6.30. The van der Waals surface area contributed by atoms with E-state index in [4.69, 9.17) is 11.6 Å². The van der Waals surface area contributed by atoms with E-state index in [1.54, 1.807) is 30.4 Å². The van der Waals surface area contributed by atoms with Crippen molar-refractivity contribution in [2.45, 2.75) is 25.3 Å². The molecule has 1 atom stereocenters. The van der Waals surface area contributed by atoms with Crippen molar-refractivity contribution in [2.24, 2.45) is 0 Å². The van der Waals surface area contributed by atoms with Gasteiger partial charge in [-0.2, -0.15) is 0 Å². The van der Waals surface area contributed by atoms with E-state index in [2.05, 4.69) is 9.97 Å². The summed E-state index contributed by atoms with van der Waals surface area (Å²) < 4.78 is 0.